The number of ketones is 1. The van der Waals surface area contributed by atoms with Gasteiger partial charge >= 0.3 is 0 Å². The standard InChI is InChI=1S/C45H56FN9O.C6H9NO2.C2H6/c1-32(37-7-10-42-38(27-37)29-49-50-42)13-18-48-44-12-9-40(51(44)2)31-52-19-16-35(17-20-52)34-3-5-36(6-4-34)45(56)55-21-14-33(15-22-55)30-53-23-25-54(26-24-53)43-11-8-39(47)28-41(43)46;8-5-2-1-3-6(9)7-4-5;1-2/h3-13,18,27-28,33,35,49-50H,14-17,19-26,29-31,47H2,1-2H3;1-4H2,(H,7,9);1-2H3/b32-13+,48-18-;;. The van der Waals surface area contributed by atoms with Gasteiger partial charge < -0.3 is 30.8 Å². The van der Waals surface area contributed by atoms with Crippen molar-refractivity contribution in [1.29, 1.82) is 0 Å². The van der Waals surface area contributed by atoms with Crippen LogP contribution in [-0.4, -0.2) is 109 Å². The van der Waals surface area contributed by atoms with Crippen molar-refractivity contribution in [3.63, 3.8) is 0 Å². The molecule has 67 heavy (non-hydrogen) atoms. The van der Waals surface area contributed by atoms with Gasteiger partial charge in [-0.05, 0) is 147 Å². The van der Waals surface area contributed by atoms with E-state index in [1.807, 2.05) is 37.1 Å². The fraction of sp³-hybridized carbons (Fsp3) is 0.472. The van der Waals surface area contributed by atoms with Crippen LogP contribution in [0.15, 0.2) is 83.9 Å². The Morgan fingerprint density at radius 1 is 0.821 bits per heavy atom. The van der Waals surface area contributed by atoms with E-state index in [1.165, 1.54) is 34.0 Å². The van der Waals surface area contributed by atoms with Gasteiger partial charge in [0.05, 0.1) is 17.9 Å². The van der Waals surface area contributed by atoms with Crippen LogP contribution in [-0.2, 0) is 29.7 Å². The van der Waals surface area contributed by atoms with E-state index in [0.717, 1.165) is 115 Å². The van der Waals surface area contributed by atoms with Crippen molar-refractivity contribution in [3.05, 3.63) is 113 Å². The molecule has 358 valence electrons. The molecular formula is C53H71FN10O3. The summed E-state index contributed by atoms with van der Waals surface area (Å²) in [5, 5.41) is 2.51. The lowest BCUT2D eigenvalue weighted by Crippen LogP contribution is -2.49. The number of rotatable bonds is 10. The van der Waals surface area contributed by atoms with Gasteiger partial charge in [0.2, 0.25) is 5.91 Å². The largest absolute Gasteiger partial charge is 0.399 e. The third kappa shape index (κ3) is 13.2. The van der Waals surface area contributed by atoms with E-state index in [4.69, 9.17) is 10.7 Å². The molecule has 0 spiro atoms. The summed E-state index contributed by atoms with van der Waals surface area (Å²) in [7, 11) is 2.11. The number of anilines is 3. The van der Waals surface area contributed by atoms with Gasteiger partial charge in [-0.15, -0.1) is 0 Å². The highest BCUT2D eigenvalue weighted by Crippen LogP contribution is 2.31. The van der Waals surface area contributed by atoms with E-state index in [0.29, 0.717) is 42.5 Å². The zero-order valence-corrected chi connectivity index (χ0v) is 40.0. The highest BCUT2D eigenvalue weighted by molar-refractivity contribution is 5.94. The van der Waals surface area contributed by atoms with Crippen molar-refractivity contribution in [2.75, 3.05) is 81.5 Å². The Kier molecular flexibility index (Phi) is 17.4. The summed E-state index contributed by atoms with van der Waals surface area (Å²) < 4.78 is 16.6. The van der Waals surface area contributed by atoms with Gasteiger partial charge in [-0.2, -0.15) is 0 Å². The van der Waals surface area contributed by atoms with Gasteiger partial charge in [0.1, 0.15) is 11.6 Å². The number of carbonyl (C=O) groups is 3. The maximum absolute atomic E-state index is 14.4. The van der Waals surface area contributed by atoms with Crippen LogP contribution in [0.1, 0.15) is 104 Å². The molecule has 5 aliphatic heterocycles. The topological polar surface area (TPSA) is 144 Å². The van der Waals surface area contributed by atoms with Crippen LogP contribution in [0, 0.1) is 11.7 Å². The van der Waals surface area contributed by atoms with Crippen LogP contribution in [0.2, 0.25) is 0 Å². The van der Waals surface area contributed by atoms with E-state index in [9.17, 15) is 18.8 Å². The van der Waals surface area contributed by atoms with Crippen LogP contribution in [0.25, 0.3) is 5.57 Å². The predicted molar refractivity (Wildman–Crippen MR) is 269 cm³/mol. The number of likely N-dealkylation sites (tertiary alicyclic amines) is 2. The Hall–Kier alpha value is -5.83. The summed E-state index contributed by atoms with van der Waals surface area (Å²) in [6.45, 7) is 16.3. The first kappa shape index (κ1) is 49.1. The number of benzene rings is 3. The van der Waals surface area contributed by atoms with Crippen molar-refractivity contribution in [2.24, 2.45) is 18.0 Å². The first-order valence-electron chi connectivity index (χ1n) is 24.5. The molecule has 9 rings (SSSR count). The van der Waals surface area contributed by atoms with Crippen molar-refractivity contribution in [2.45, 2.75) is 84.7 Å². The van der Waals surface area contributed by atoms with Crippen molar-refractivity contribution in [1.82, 2.24) is 30.0 Å². The number of aromatic nitrogens is 1. The molecule has 4 saturated heterocycles. The lowest BCUT2D eigenvalue weighted by atomic mass is 9.88. The van der Waals surface area contributed by atoms with Crippen LogP contribution in [0.3, 0.4) is 0 Å². The van der Waals surface area contributed by atoms with E-state index in [2.05, 4.69) is 97.9 Å². The summed E-state index contributed by atoms with van der Waals surface area (Å²) in [6.07, 6.45) is 10.0. The van der Waals surface area contributed by atoms with Crippen LogP contribution < -0.4 is 26.8 Å². The lowest BCUT2D eigenvalue weighted by Gasteiger charge is -2.39. The number of piperazine rings is 1. The molecule has 4 aromatic rings. The third-order valence-electron chi connectivity index (χ3n) is 13.8. The molecule has 6 heterocycles. The Balaban J connectivity index is 0.000000538. The van der Waals surface area contributed by atoms with E-state index in [-0.39, 0.29) is 30.0 Å². The summed E-state index contributed by atoms with van der Waals surface area (Å²) >= 11 is 0. The molecule has 4 fully saturated rings. The molecule has 13 nitrogen and oxygen atoms in total. The van der Waals surface area contributed by atoms with Crippen LogP contribution in [0.5, 0.6) is 0 Å². The number of allylic oxidation sites excluding steroid dienone is 2. The third-order valence-corrected chi connectivity index (χ3v) is 13.8. The summed E-state index contributed by atoms with van der Waals surface area (Å²) in [5.74, 6) is 2.10. The van der Waals surface area contributed by atoms with Crippen LogP contribution in [0.4, 0.5) is 27.3 Å². The number of Topliss-reactive ketones (excluding diaryl/α,β-unsaturated/α-hetero) is 1. The number of hydrogen-bond acceptors (Lipinski definition) is 10. The van der Waals surface area contributed by atoms with Gasteiger partial charge in [0.15, 0.2) is 5.78 Å². The van der Waals surface area contributed by atoms with E-state index < -0.39 is 0 Å². The zero-order chi connectivity index (χ0) is 47.3. The molecule has 0 saturated carbocycles. The number of carbonyl (C=O) groups excluding carboxylic acids is 3. The Morgan fingerprint density at radius 3 is 2.28 bits per heavy atom. The number of piperidine rings is 2. The number of aliphatic imine (C=N–C) groups is 1. The van der Waals surface area contributed by atoms with Gasteiger partial charge in [-0.3, -0.25) is 24.2 Å². The molecule has 0 atom stereocenters. The number of halogens is 1. The highest BCUT2D eigenvalue weighted by atomic mass is 19.1. The van der Waals surface area contributed by atoms with E-state index in [1.54, 1.807) is 12.1 Å². The van der Waals surface area contributed by atoms with Crippen molar-refractivity contribution >= 4 is 52.3 Å². The number of nitrogen functional groups attached to an aromatic ring is 1. The average Bonchev–Trinajstić information content (AvgIpc) is 3.91. The molecule has 0 bridgehead atoms. The second-order valence-electron chi connectivity index (χ2n) is 18.3. The van der Waals surface area contributed by atoms with Gasteiger partial charge in [0.25, 0.3) is 5.91 Å². The van der Waals surface area contributed by atoms with Gasteiger partial charge in [-0.25, -0.2) is 14.8 Å². The maximum Gasteiger partial charge on any atom is 0.253 e. The van der Waals surface area contributed by atoms with Gasteiger partial charge in [0, 0.05) is 102 Å². The molecular weight excluding hydrogens is 844 g/mol. The second kappa shape index (κ2) is 23.8. The smallest absolute Gasteiger partial charge is 0.253 e. The Morgan fingerprint density at radius 2 is 1.55 bits per heavy atom. The normalized spacial score (nSPS) is 18.9. The first-order chi connectivity index (χ1) is 32.6. The van der Waals surface area contributed by atoms with Crippen molar-refractivity contribution in [3.8, 4) is 0 Å². The Labute approximate surface area is 396 Å². The Bertz CT molecular complexity index is 2340. The summed E-state index contributed by atoms with van der Waals surface area (Å²) in [5.41, 5.74) is 21.4. The second-order valence-corrected chi connectivity index (χ2v) is 18.3. The number of amides is 2. The van der Waals surface area contributed by atoms with E-state index >= 15 is 0 Å². The number of hydrazine groups is 1. The van der Waals surface area contributed by atoms with Crippen LogP contribution >= 0.6 is 0 Å². The minimum atomic E-state index is -0.246. The predicted octanol–water partition coefficient (Wildman–Crippen LogP) is 7.92. The molecule has 14 heteroatoms. The molecule has 0 unspecified atom stereocenters. The SMILES string of the molecule is C/C(=C\C=N/c1ccc(CN2CCC(c3ccc(C(=O)N4CCC(CN5CCN(c6ccc(N)cc6F)CC5)CC4)cc3)CC2)n1C)c1ccc2c(c1)CNN2.CC.O=C1CCCC(=O)NC1. The quantitative estimate of drug-likeness (QED) is 0.0922. The number of nitrogens with two attached hydrogens (primary N) is 1. The maximum atomic E-state index is 14.4. The fourth-order valence-corrected chi connectivity index (χ4v) is 9.68. The number of hydrogen-bond donors (Lipinski definition) is 4. The highest BCUT2D eigenvalue weighted by Gasteiger charge is 2.28. The molecule has 1 aromatic heterocycles. The average molecular weight is 915 g/mol. The molecule has 0 aliphatic carbocycles. The molecule has 3 aromatic carbocycles. The van der Waals surface area contributed by atoms with Gasteiger partial charge in [-0.1, -0.05) is 32.0 Å². The number of nitrogens with zero attached hydrogens (tertiary/aromatic N) is 6. The molecule has 2 amide bonds. The minimum absolute atomic E-state index is 0.000787. The van der Waals surface area contributed by atoms with Crippen molar-refractivity contribution < 1.29 is 18.8 Å². The summed E-state index contributed by atoms with van der Waals surface area (Å²) in [4.78, 5) is 48.6. The lowest BCUT2D eigenvalue weighted by molar-refractivity contribution is -0.123. The molecule has 0 radical (unpaired) electrons. The summed E-state index contributed by atoms with van der Waals surface area (Å²) in [6, 6.07) is 24.2. The zero-order valence-electron chi connectivity index (χ0n) is 40.0. The molecule has 5 N–H and O–H groups in total. The minimum Gasteiger partial charge on any atom is -0.399 e. The molecule has 5 aliphatic rings. The number of nitrogens with one attached hydrogen (secondary N) is 3. The first-order valence-corrected chi connectivity index (χ1v) is 24.5. The fourth-order valence-electron chi connectivity index (χ4n) is 9.68. The monoisotopic (exact) mass is 915 g/mol. The number of fused-ring (bicyclic) bond motifs is 1.